The first kappa shape index (κ1) is 13.0. The van der Waals surface area contributed by atoms with E-state index < -0.39 is 23.6 Å². The number of carbonyl (C=O) groups is 1. The highest BCUT2D eigenvalue weighted by molar-refractivity contribution is 5.81. The van der Waals surface area contributed by atoms with E-state index in [4.69, 9.17) is 5.73 Å². The van der Waals surface area contributed by atoms with Crippen LogP contribution in [0.5, 0.6) is 0 Å². The van der Waals surface area contributed by atoms with Crippen molar-refractivity contribution in [1.82, 2.24) is 4.90 Å². The summed E-state index contributed by atoms with van der Waals surface area (Å²) in [5.74, 6) is -2.39. The minimum Gasteiger partial charge on any atom is -0.368 e. The molecule has 1 unspecified atom stereocenters. The number of carbonyl (C=O) groups excluding carboxylic acids is 1. The van der Waals surface area contributed by atoms with Gasteiger partial charge in [0.05, 0.1) is 0 Å². The van der Waals surface area contributed by atoms with Gasteiger partial charge < -0.3 is 5.73 Å². The van der Waals surface area contributed by atoms with Gasteiger partial charge in [0.1, 0.15) is 6.04 Å². The van der Waals surface area contributed by atoms with E-state index in [9.17, 15) is 13.6 Å². The van der Waals surface area contributed by atoms with E-state index in [1.54, 1.807) is 0 Å². The molecule has 0 radical (unpaired) electrons. The largest absolute Gasteiger partial charge is 0.368 e. The zero-order chi connectivity index (χ0) is 13.1. The molecular formula is C13H16F2N2O. The van der Waals surface area contributed by atoms with E-state index in [1.807, 2.05) is 4.90 Å². The zero-order valence-corrected chi connectivity index (χ0v) is 10.0. The predicted octanol–water partition coefficient (Wildman–Crippen LogP) is 1.98. The molecule has 18 heavy (non-hydrogen) atoms. The van der Waals surface area contributed by atoms with Crippen LogP contribution in [-0.4, -0.2) is 23.9 Å². The quantitative estimate of drug-likeness (QED) is 0.896. The Morgan fingerprint density at radius 3 is 2.39 bits per heavy atom. The van der Waals surface area contributed by atoms with Crippen molar-refractivity contribution in [2.45, 2.75) is 25.3 Å². The molecule has 1 heterocycles. The first-order chi connectivity index (χ1) is 8.59. The van der Waals surface area contributed by atoms with Crippen LogP contribution < -0.4 is 5.73 Å². The van der Waals surface area contributed by atoms with E-state index in [0.717, 1.165) is 44.5 Å². The second-order valence-corrected chi connectivity index (χ2v) is 4.58. The molecule has 2 rings (SSSR count). The van der Waals surface area contributed by atoms with Gasteiger partial charge in [-0.15, -0.1) is 0 Å². The SMILES string of the molecule is NC(=O)C(c1ccc(F)c(F)c1)N1CCCCC1. The maximum Gasteiger partial charge on any atom is 0.239 e. The summed E-state index contributed by atoms with van der Waals surface area (Å²) in [4.78, 5) is 13.5. The van der Waals surface area contributed by atoms with Crippen LogP contribution in [0.2, 0.25) is 0 Å². The van der Waals surface area contributed by atoms with Crippen LogP contribution in [0, 0.1) is 11.6 Å². The summed E-state index contributed by atoms with van der Waals surface area (Å²) in [6, 6.07) is 2.84. The van der Waals surface area contributed by atoms with Crippen molar-refractivity contribution in [2.75, 3.05) is 13.1 Å². The summed E-state index contributed by atoms with van der Waals surface area (Å²) in [5.41, 5.74) is 5.81. The molecule has 1 atom stereocenters. The number of primary amides is 1. The third-order valence-corrected chi connectivity index (χ3v) is 3.28. The number of rotatable bonds is 3. The highest BCUT2D eigenvalue weighted by Crippen LogP contribution is 2.25. The smallest absolute Gasteiger partial charge is 0.239 e. The molecular weight excluding hydrogens is 238 g/mol. The maximum absolute atomic E-state index is 13.2. The molecule has 0 bridgehead atoms. The molecule has 1 fully saturated rings. The van der Waals surface area contributed by atoms with Gasteiger partial charge in [-0.05, 0) is 43.6 Å². The van der Waals surface area contributed by atoms with Crippen LogP contribution in [0.1, 0.15) is 30.9 Å². The summed E-state index contributed by atoms with van der Waals surface area (Å²) < 4.78 is 26.1. The Hall–Kier alpha value is -1.49. The van der Waals surface area contributed by atoms with Crippen molar-refractivity contribution in [2.24, 2.45) is 5.73 Å². The normalized spacial score (nSPS) is 18.6. The number of benzene rings is 1. The first-order valence-electron chi connectivity index (χ1n) is 6.08. The van der Waals surface area contributed by atoms with Gasteiger partial charge in [-0.1, -0.05) is 12.5 Å². The molecule has 0 spiro atoms. The van der Waals surface area contributed by atoms with E-state index in [0.29, 0.717) is 5.56 Å². The molecule has 0 aromatic heterocycles. The number of nitrogens with zero attached hydrogens (tertiary/aromatic N) is 1. The Kier molecular flexibility index (Phi) is 3.91. The molecule has 1 aromatic rings. The average molecular weight is 254 g/mol. The molecule has 1 amide bonds. The minimum absolute atomic E-state index is 0.420. The lowest BCUT2D eigenvalue weighted by molar-refractivity contribution is -0.123. The molecule has 1 aliphatic heterocycles. The fourth-order valence-electron chi connectivity index (χ4n) is 2.41. The third kappa shape index (κ3) is 2.67. The van der Waals surface area contributed by atoms with Crippen LogP contribution in [0.15, 0.2) is 18.2 Å². The van der Waals surface area contributed by atoms with E-state index in [1.165, 1.54) is 6.07 Å². The van der Waals surface area contributed by atoms with Crippen molar-refractivity contribution in [1.29, 1.82) is 0 Å². The van der Waals surface area contributed by atoms with Crippen molar-refractivity contribution >= 4 is 5.91 Å². The molecule has 2 N–H and O–H groups in total. The number of hydrogen-bond donors (Lipinski definition) is 1. The van der Waals surface area contributed by atoms with Gasteiger partial charge in [0.25, 0.3) is 0 Å². The highest BCUT2D eigenvalue weighted by atomic mass is 19.2. The van der Waals surface area contributed by atoms with Crippen LogP contribution in [-0.2, 0) is 4.79 Å². The zero-order valence-electron chi connectivity index (χ0n) is 10.0. The summed E-state index contributed by atoms with van der Waals surface area (Å²) >= 11 is 0. The van der Waals surface area contributed by atoms with Gasteiger partial charge in [-0.3, -0.25) is 9.69 Å². The number of hydrogen-bond acceptors (Lipinski definition) is 2. The second kappa shape index (κ2) is 5.44. The molecule has 3 nitrogen and oxygen atoms in total. The standard InChI is InChI=1S/C13H16F2N2O/c14-10-5-4-9(8-11(10)15)12(13(16)18)17-6-2-1-3-7-17/h4-5,8,12H,1-3,6-7H2,(H2,16,18). The Balaban J connectivity index is 2.28. The third-order valence-electron chi connectivity index (χ3n) is 3.28. The van der Waals surface area contributed by atoms with Crippen LogP contribution in [0.25, 0.3) is 0 Å². The van der Waals surface area contributed by atoms with Crippen LogP contribution >= 0.6 is 0 Å². The van der Waals surface area contributed by atoms with Gasteiger partial charge in [0, 0.05) is 0 Å². The number of likely N-dealkylation sites (tertiary alicyclic amines) is 1. The summed E-state index contributed by atoms with van der Waals surface area (Å²) in [7, 11) is 0. The van der Waals surface area contributed by atoms with Gasteiger partial charge >= 0.3 is 0 Å². The fourth-order valence-corrected chi connectivity index (χ4v) is 2.41. The number of halogens is 2. The van der Waals surface area contributed by atoms with Crippen molar-refractivity contribution in [3.8, 4) is 0 Å². The van der Waals surface area contributed by atoms with Crippen molar-refractivity contribution < 1.29 is 13.6 Å². The van der Waals surface area contributed by atoms with Gasteiger partial charge in [-0.25, -0.2) is 8.78 Å². The summed E-state index contributed by atoms with van der Waals surface area (Å²) in [6.07, 6.45) is 3.11. The average Bonchev–Trinajstić information content (AvgIpc) is 2.35. The fraction of sp³-hybridized carbons (Fsp3) is 0.462. The molecule has 98 valence electrons. The highest BCUT2D eigenvalue weighted by Gasteiger charge is 2.27. The summed E-state index contributed by atoms with van der Waals surface area (Å²) in [5, 5.41) is 0. The number of piperidine rings is 1. The van der Waals surface area contributed by atoms with E-state index >= 15 is 0 Å². The predicted molar refractivity (Wildman–Crippen MR) is 63.7 cm³/mol. The molecule has 1 aliphatic rings. The number of nitrogens with two attached hydrogens (primary N) is 1. The Bertz CT molecular complexity index is 445. The van der Waals surface area contributed by atoms with E-state index in [-0.39, 0.29) is 0 Å². The van der Waals surface area contributed by atoms with Crippen molar-refractivity contribution in [3.05, 3.63) is 35.4 Å². The maximum atomic E-state index is 13.2. The minimum atomic E-state index is -0.948. The Labute approximate surface area is 105 Å². The molecule has 0 aliphatic carbocycles. The van der Waals surface area contributed by atoms with Gasteiger partial charge in [-0.2, -0.15) is 0 Å². The lowest BCUT2D eigenvalue weighted by Crippen LogP contribution is -2.40. The Morgan fingerprint density at radius 1 is 1.17 bits per heavy atom. The molecule has 0 saturated carbocycles. The lowest BCUT2D eigenvalue weighted by Gasteiger charge is -2.32. The summed E-state index contributed by atoms with van der Waals surface area (Å²) in [6.45, 7) is 1.51. The topological polar surface area (TPSA) is 46.3 Å². The van der Waals surface area contributed by atoms with Crippen LogP contribution in [0.4, 0.5) is 8.78 Å². The first-order valence-corrected chi connectivity index (χ1v) is 6.08. The monoisotopic (exact) mass is 254 g/mol. The van der Waals surface area contributed by atoms with Gasteiger partial charge in [0.2, 0.25) is 5.91 Å². The number of amides is 1. The van der Waals surface area contributed by atoms with E-state index in [2.05, 4.69) is 0 Å². The Morgan fingerprint density at radius 2 is 1.83 bits per heavy atom. The molecule has 1 aromatic carbocycles. The molecule has 5 heteroatoms. The van der Waals surface area contributed by atoms with Crippen molar-refractivity contribution in [3.63, 3.8) is 0 Å². The molecule has 1 saturated heterocycles. The van der Waals surface area contributed by atoms with Gasteiger partial charge in [0.15, 0.2) is 11.6 Å². The second-order valence-electron chi connectivity index (χ2n) is 4.58. The lowest BCUT2D eigenvalue weighted by atomic mass is 10.0. The van der Waals surface area contributed by atoms with Crippen LogP contribution in [0.3, 0.4) is 0 Å².